The third-order valence-electron chi connectivity index (χ3n) is 6.97. The molecule has 1 aromatic rings. The van der Waals surface area contributed by atoms with Gasteiger partial charge in [-0.1, -0.05) is 43.2 Å². The van der Waals surface area contributed by atoms with Gasteiger partial charge in [0.15, 0.2) is 0 Å². The summed E-state index contributed by atoms with van der Waals surface area (Å²) in [5.74, 6) is -0.561. The van der Waals surface area contributed by atoms with Crippen LogP contribution < -0.4 is 10.6 Å². The molecule has 2 unspecified atom stereocenters. The Morgan fingerprint density at radius 2 is 1.74 bits per heavy atom. The van der Waals surface area contributed by atoms with Crippen LogP contribution in [-0.4, -0.2) is 83.9 Å². The number of likely N-dealkylation sites (N-methyl/N-ethyl adjacent to an activating group) is 1. The van der Waals surface area contributed by atoms with Crippen LogP contribution in [0.4, 0.5) is 4.79 Å². The predicted octanol–water partition coefficient (Wildman–Crippen LogP) is 1.34. The number of nitrogens with one attached hydrogen (secondary N) is 2. The Bertz CT molecular complexity index is 816. The Kier molecular flexibility index (Phi) is 6.29. The minimum absolute atomic E-state index is 0.208. The second kappa shape index (κ2) is 8.96. The number of benzene rings is 1. The van der Waals surface area contributed by atoms with Gasteiger partial charge in [0.1, 0.15) is 11.6 Å². The number of urea groups is 1. The van der Waals surface area contributed by atoms with Crippen LogP contribution in [0.2, 0.25) is 0 Å². The molecule has 1 aromatic carbocycles. The van der Waals surface area contributed by atoms with Gasteiger partial charge >= 0.3 is 6.03 Å². The molecule has 4 amide bonds. The first-order chi connectivity index (χ1) is 14.9. The average molecular weight is 428 g/mol. The minimum Gasteiger partial charge on any atom is -0.346 e. The van der Waals surface area contributed by atoms with Crippen LogP contribution in [0.5, 0.6) is 0 Å². The van der Waals surface area contributed by atoms with Crippen molar-refractivity contribution in [2.24, 2.45) is 0 Å². The second-order valence-corrected chi connectivity index (χ2v) is 9.15. The summed E-state index contributed by atoms with van der Waals surface area (Å²) in [5, 5.41) is 5.98. The maximum absolute atomic E-state index is 13.2. The molecular weight excluding hydrogens is 394 g/mol. The van der Waals surface area contributed by atoms with Gasteiger partial charge in [0.25, 0.3) is 5.91 Å². The van der Waals surface area contributed by atoms with Gasteiger partial charge < -0.3 is 15.5 Å². The van der Waals surface area contributed by atoms with Crippen molar-refractivity contribution in [2.75, 3.05) is 39.8 Å². The molecule has 0 radical (unpaired) electrons. The summed E-state index contributed by atoms with van der Waals surface area (Å²) < 4.78 is 0. The molecule has 2 N–H and O–H groups in total. The summed E-state index contributed by atoms with van der Waals surface area (Å²) in [5.41, 5.74) is 0.219. The molecule has 3 fully saturated rings. The minimum atomic E-state index is -0.855. The Morgan fingerprint density at radius 3 is 2.39 bits per heavy atom. The van der Waals surface area contributed by atoms with Crippen molar-refractivity contribution in [3.05, 3.63) is 35.9 Å². The molecule has 0 bridgehead atoms. The van der Waals surface area contributed by atoms with Crippen LogP contribution in [0.25, 0.3) is 0 Å². The molecule has 4 rings (SSSR count). The molecule has 8 nitrogen and oxygen atoms in total. The van der Waals surface area contributed by atoms with Crippen LogP contribution >= 0.6 is 0 Å². The number of rotatable bonds is 6. The zero-order valence-electron chi connectivity index (χ0n) is 18.5. The van der Waals surface area contributed by atoms with Gasteiger partial charge in [-0.05, 0) is 32.4 Å². The molecule has 2 heterocycles. The molecule has 1 saturated carbocycles. The van der Waals surface area contributed by atoms with Crippen molar-refractivity contribution >= 4 is 17.8 Å². The first-order valence-corrected chi connectivity index (χ1v) is 11.3. The molecule has 1 spiro atoms. The van der Waals surface area contributed by atoms with Crippen molar-refractivity contribution in [1.82, 2.24) is 25.3 Å². The van der Waals surface area contributed by atoms with Crippen LogP contribution in [-0.2, 0) is 9.59 Å². The number of hydrogen-bond donors (Lipinski definition) is 2. The second-order valence-electron chi connectivity index (χ2n) is 9.15. The van der Waals surface area contributed by atoms with Crippen molar-refractivity contribution < 1.29 is 14.4 Å². The summed E-state index contributed by atoms with van der Waals surface area (Å²) >= 11 is 0. The number of carbonyl (C=O) groups is 3. The lowest BCUT2D eigenvalue weighted by molar-refractivity contribution is -0.138. The summed E-state index contributed by atoms with van der Waals surface area (Å²) in [6.45, 7) is 6.22. The van der Waals surface area contributed by atoms with Gasteiger partial charge in [0.2, 0.25) is 5.91 Å². The number of imide groups is 1. The number of amides is 4. The zero-order chi connectivity index (χ0) is 22.0. The van der Waals surface area contributed by atoms with Crippen LogP contribution in [0.1, 0.15) is 44.2 Å². The van der Waals surface area contributed by atoms with E-state index in [0.29, 0.717) is 19.4 Å². The Labute approximate surface area is 183 Å². The highest BCUT2D eigenvalue weighted by atomic mass is 16.2. The Morgan fingerprint density at radius 1 is 1.10 bits per heavy atom. The third kappa shape index (κ3) is 4.45. The van der Waals surface area contributed by atoms with E-state index in [1.54, 1.807) is 6.92 Å². The topological polar surface area (TPSA) is 85.0 Å². The molecule has 168 valence electrons. The standard InChI is InChI=1S/C23H33N5O3/c1-17(28-21(30)23(25-22(28)31)10-6-7-11-23)20(29)24-19(18-8-4-3-5-9-18)16-27-14-12-26(2)13-15-27/h3-5,8-9,17,19H,6-7,10-16H2,1-2H3,(H,24,29)(H,25,31). The van der Waals surface area contributed by atoms with E-state index in [-0.39, 0.29) is 17.9 Å². The van der Waals surface area contributed by atoms with Gasteiger partial charge in [-0.25, -0.2) is 9.69 Å². The van der Waals surface area contributed by atoms with Gasteiger partial charge in [0, 0.05) is 32.7 Å². The molecule has 1 aliphatic carbocycles. The fourth-order valence-corrected chi connectivity index (χ4v) is 4.93. The smallest absolute Gasteiger partial charge is 0.325 e. The third-order valence-corrected chi connectivity index (χ3v) is 6.97. The lowest BCUT2D eigenvalue weighted by Crippen LogP contribution is -2.52. The zero-order valence-corrected chi connectivity index (χ0v) is 18.5. The van der Waals surface area contributed by atoms with Crippen molar-refractivity contribution in [3.63, 3.8) is 0 Å². The van der Waals surface area contributed by atoms with Gasteiger partial charge in [-0.15, -0.1) is 0 Å². The Balaban J connectivity index is 1.46. The first kappa shape index (κ1) is 21.8. The molecule has 0 aromatic heterocycles. The highest BCUT2D eigenvalue weighted by molar-refractivity contribution is 6.10. The quantitative estimate of drug-likeness (QED) is 0.670. The van der Waals surface area contributed by atoms with E-state index in [1.165, 1.54) is 0 Å². The van der Waals surface area contributed by atoms with Crippen molar-refractivity contribution in [2.45, 2.75) is 50.2 Å². The highest BCUT2D eigenvalue weighted by Gasteiger charge is 2.54. The fraction of sp³-hybridized carbons (Fsp3) is 0.609. The maximum Gasteiger partial charge on any atom is 0.325 e. The van der Waals surface area contributed by atoms with E-state index in [9.17, 15) is 14.4 Å². The molecule has 3 aliphatic rings. The van der Waals surface area contributed by atoms with Gasteiger partial charge in [-0.3, -0.25) is 14.5 Å². The van der Waals surface area contributed by atoms with Crippen LogP contribution in [0.15, 0.2) is 30.3 Å². The molecule has 2 aliphatic heterocycles. The summed E-state index contributed by atoms with van der Waals surface area (Å²) in [6, 6.07) is 8.37. The van der Waals surface area contributed by atoms with E-state index in [0.717, 1.165) is 49.5 Å². The summed E-state index contributed by atoms with van der Waals surface area (Å²) in [7, 11) is 2.12. The first-order valence-electron chi connectivity index (χ1n) is 11.3. The Hall–Kier alpha value is -2.45. The normalized spacial score (nSPS) is 23.7. The fourth-order valence-electron chi connectivity index (χ4n) is 4.93. The van der Waals surface area contributed by atoms with Gasteiger partial charge in [-0.2, -0.15) is 0 Å². The summed E-state index contributed by atoms with van der Waals surface area (Å²) in [4.78, 5) is 44.6. The lowest BCUT2D eigenvalue weighted by Gasteiger charge is -2.35. The van der Waals surface area contributed by atoms with Crippen molar-refractivity contribution in [1.29, 1.82) is 0 Å². The number of carbonyl (C=O) groups excluding carboxylic acids is 3. The number of nitrogens with zero attached hydrogens (tertiary/aromatic N) is 3. The number of piperazine rings is 1. The highest BCUT2D eigenvalue weighted by Crippen LogP contribution is 2.35. The van der Waals surface area contributed by atoms with E-state index in [1.807, 2.05) is 30.3 Å². The van der Waals surface area contributed by atoms with Crippen LogP contribution in [0.3, 0.4) is 0 Å². The van der Waals surface area contributed by atoms with E-state index in [2.05, 4.69) is 27.5 Å². The van der Waals surface area contributed by atoms with Crippen molar-refractivity contribution in [3.8, 4) is 0 Å². The molecular formula is C23H33N5O3. The lowest BCUT2D eigenvalue weighted by atomic mass is 9.97. The monoisotopic (exact) mass is 427 g/mol. The predicted molar refractivity (Wildman–Crippen MR) is 117 cm³/mol. The van der Waals surface area contributed by atoms with Gasteiger partial charge in [0.05, 0.1) is 6.04 Å². The van der Waals surface area contributed by atoms with Crippen LogP contribution in [0, 0.1) is 0 Å². The largest absolute Gasteiger partial charge is 0.346 e. The number of hydrogen-bond acceptors (Lipinski definition) is 5. The van der Waals surface area contributed by atoms with E-state index < -0.39 is 17.6 Å². The molecule has 2 saturated heterocycles. The SMILES string of the molecule is CC(C(=O)NC(CN1CCN(C)CC1)c1ccccc1)N1C(=O)NC2(CCCC2)C1=O. The molecule has 2 atom stereocenters. The van der Waals surface area contributed by atoms with E-state index >= 15 is 0 Å². The molecule has 8 heteroatoms. The maximum atomic E-state index is 13.2. The molecule has 31 heavy (non-hydrogen) atoms. The summed E-state index contributed by atoms with van der Waals surface area (Å²) in [6.07, 6.45) is 3.14. The van der Waals surface area contributed by atoms with E-state index in [4.69, 9.17) is 0 Å². The average Bonchev–Trinajstić information content (AvgIpc) is 3.33.